The fourth-order valence-electron chi connectivity index (χ4n) is 2.63. The van der Waals surface area contributed by atoms with Crippen molar-refractivity contribution in [3.05, 3.63) is 54.2 Å². The Morgan fingerprint density at radius 1 is 1.22 bits per heavy atom. The highest BCUT2D eigenvalue weighted by molar-refractivity contribution is 5.78. The van der Waals surface area contributed by atoms with Crippen molar-refractivity contribution in [2.75, 3.05) is 13.1 Å². The highest BCUT2D eigenvalue weighted by Crippen LogP contribution is 2.17. The van der Waals surface area contributed by atoms with Crippen molar-refractivity contribution in [2.45, 2.75) is 25.4 Å². The number of carbonyl (C=O) groups excluding carboxylic acids is 1. The molecule has 1 aliphatic heterocycles. The molecule has 23 heavy (non-hydrogen) atoms. The second kappa shape index (κ2) is 7.17. The lowest BCUT2D eigenvalue weighted by Crippen LogP contribution is -2.42. The highest BCUT2D eigenvalue weighted by atomic mass is 19.1. The zero-order valence-corrected chi connectivity index (χ0v) is 12.7. The molecule has 1 saturated heterocycles. The van der Waals surface area contributed by atoms with Crippen LogP contribution in [0.15, 0.2) is 42.9 Å². The molecule has 2 aromatic rings. The Morgan fingerprint density at radius 2 is 1.96 bits per heavy atom. The largest absolute Gasteiger partial charge is 0.473 e. The Morgan fingerprint density at radius 3 is 2.61 bits per heavy atom. The molecule has 1 aromatic heterocycles. The summed E-state index contributed by atoms with van der Waals surface area (Å²) in [6, 6.07) is 6.06. The van der Waals surface area contributed by atoms with Crippen LogP contribution in [-0.2, 0) is 11.2 Å². The summed E-state index contributed by atoms with van der Waals surface area (Å²) < 4.78 is 18.6. The third-order valence-electron chi connectivity index (χ3n) is 3.89. The lowest BCUT2D eigenvalue weighted by molar-refractivity contribution is -0.132. The summed E-state index contributed by atoms with van der Waals surface area (Å²) in [4.78, 5) is 22.2. The number of hydrogen-bond donors (Lipinski definition) is 0. The van der Waals surface area contributed by atoms with Crippen LogP contribution in [0.5, 0.6) is 5.88 Å². The summed E-state index contributed by atoms with van der Waals surface area (Å²) in [5.41, 5.74) is 0.828. The molecule has 120 valence electrons. The van der Waals surface area contributed by atoms with Gasteiger partial charge in [-0.05, 0) is 17.7 Å². The molecule has 0 bridgehead atoms. The van der Waals surface area contributed by atoms with Crippen LogP contribution < -0.4 is 4.74 Å². The van der Waals surface area contributed by atoms with Gasteiger partial charge >= 0.3 is 0 Å². The predicted molar refractivity (Wildman–Crippen MR) is 82.4 cm³/mol. The summed E-state index contributed by atoms with van der Waals surface area (Å²) in [7, 11) is 0. The number of rotatable bonds is 4. The van der Waals surface area contributed by atoms with E-state index in [0.717, 1.165) is 18.4 Å². The number of amides is 1. The average Bonchev–Trinajstić information content (AvgIpc) is 2.58. The van der Waals surface area contributed by atoms with Gasteiger partial charge in [0, 0.05) is 38.3 Å². The number of nitrogens with zero attached hydrogens (tertiary/aromatic N) is 3. The molecule has 6 heteroatoms. The van der Waals surface area contributed by atoms with E-state index in [4.69, 9.17) is 4.74 Å². The normalized spacial score (nSPS) is 15.4. The maximum Gasteiger partial charge on any atom is 0.232 e. The third-order valence-corrected chi connectivity index (χ3v) is 3.89. The number of benzene rings is 1. The molecule has 3 rings (SSSR count). The van der Waals surface area contributed by atoms with Crippen molar-refractivity contribution in [1.29, 1.82) is 0 Å². The first kappa shape index (κ1) is 15.4. The first-order valence-electron chi connectivity index (χ1n) is 7.65. The summed E-state index contributed by atoms with van der Waals surface area (Å²) in [6.45, 7) is 1.32. The van der Waals surface area contributed by atoms with E-state index in [2.05, 4.69) is 9.97 Å². The smallest absolute Gasteiger partial charge is 0.232 e. The Hall–Kier alpha value is -2.50. The minimum absolute atomic E-state index is 0.0570. The fraction of sp³-hybridized carbons (Fsp3) is 0.353. The molecule has 0 saturated carbocycles. The molecule has 0 unspecified atom stereocenters. The van der Waals surface area contributed by atoms with E-state index in [1.165, 1.54) is 12.1 Å². The number of hydrogen-bond acceptors (Lipinski definition) is 4. The monoisotopic (exact) mass is 315 g/mol. The quantitative estimate of drug-likeness (QED) is 0.868. The molecular formula is C17H18FN3O2. The van der Waals surface area contributed by atoms with Gasteiger partial charge in [-0.3, -0.25) is 9.78 Å². The summed E-state index contributed by atoms with van der Waals surface area (Å²) in [6.07, 6.45) is 6.68. The highest BCUT2D eigenvalue weighted by Gasteiger charge is 2.24. The van der Waals surface area contributed by atoms with E-state index in [-0.39, 0.29) is 17.8 Å². The zero-order valence-electron chi connectivity index (χ0n) is 12.7. The SMILES string of the molecule is O=C(Cc1ccc(F)cc1)N1CCC(Oc2cnccn2)CC1. The minimum atomic E-state index is -0.289. The number of piperidine rings is 1. The molecular weight excluding hydrogens is 297 g/mol. The van der Waals surface area contributed by atoms with Crippen LogP contribution in [0.2, 0.25) is 0 Å². The standard InChI is InChI=1S/C17H18FN3O2/c18-14-3-1-13(2-4-14)11-17(22)21-9-5-15(6-10-21)23-16-12-19-7-8-20-16/h1-4,7-8,12,15H,5-6,9-11H2. The molecule has 1 amide bonds. The predicted octanol–water partition coefficient (Wildman–Crippen LogP) is 2.23. The van der Waals surface area contributed by atoms with Gasteiger partial charge in [-0.1, -0.05) is 12.1 Å². The Balaban J connectivity index is 1.48. The lowest BCUT2D eigenvalue weighted by Gasteiger charge is -2.32. The number of carbonyl (C=O) groups is 1. The fourth-order valence-corrected chi connectivity index (χ4v) is 2.63. The molecule has 2 heterocycles. The molecule has 0 N–H and O–H groups in total. The van der Waals surface area contributed by atoms with Crippen molar-refractivity contribution in [3.8, 4) is 5.88 Å². The van der Waals surface area contributed by atoms with Crippen LogP contribution in [0.4, 0.5) is 4.39 Å². The van der Waals surface area contributed by atoms with Crippen LogP contribution in [0.1, 0.15) is 18.4 Å². The second-order valence-corrected chi connectivity index (χ2v) is 5.54. The van der Waals surface area contributed by atoms with Crippen LogP contribution in [0.25, 0.3) is 0 Å². The van der Waals surface area contributed by atoms with Gasteiger partial charge in [0.05, 0.1) is 12.6 Å². The van der Waals surface area contributed by atoms with Gasteiger partial charge in [-0.15, -0.1) is 0 Å². The molecule has 0 atom stereocenters. The van der Waals surface area contributed by atoms with Crippen molar-refractivity contribution in [2.24, 2.45) is 0 Å². The second-order valence-electron chi connectivity index (χ2n) is 5.54. The summed E-state index contributed by atoms with van der Waals surface area (Å²) >= 11 is 0. The van der Waals surface area contributed by atoms with Crippen molar-refractivity contribution < 1.29 is 13.9 Å². The van der Waals surface area contributed by atoms with Crippen LogP contribution >= 0.6 is 0 Å². The molecule has 1 aliphatic rings. The Bertz CT molecular complexity index is 641. The summed E-state index contributed by atoms with van der Waals surface area (Å²) in [5.74, 6) is 0.293. The minimum Gasteiger partial charge on any atom is -0.473 e. The molecule has 1 aromatic carbocycles. The lowest BCUT2D eigenvalue weighted by atomic mass is 10.1. The number of ether oxygens (including phenoxy) is 1. The van der Waals surface area contributed by atoms with E-state index in [9.17, 15) is 9.18 Å². The van der Waals surface area contributed by atoms with Crippen LogP contribution in [0.3, 0.4) is 0 Å². The van der Waals surface area contributed by atoms with Gasteiger partial charge in [0.25, 0.3) is 0 Å². The van der Waals surface area contributed by atoms with Crippen molar-refractivity contribution in [1.82, 2.24) is 14.9 Å². The first-order valence-corrected chi connectivity index (χ1v) is 7.65. The van der Waals surface area contributed by atoms with E-state index in [1.54, 1.807) is 30.7 Å². The van der Waals surface area contributed by atoms with Gasteiger partial charge in [0.2, 0.25) is 11.8 Å². The molecule has 0 radical (unpaired) electrons. The molecule has 5 nitrogen and oxygen atoms in total. The topological polar surface area (TPSA) is 55.3 Å². The maximum absolute atomic E-state index is 12.9. The van der Waals surface area contributed by atoms with Crippen LogP contribution in [0, 0.1) is 5.82 Å². The Labute approximate surface area is 134 Å². The Kier molecular flexibility index (Phi) is 4.80. The van der Waals surface area contributed by atoms with Gasteiger partial charge in [0.1, 0.15) is 11.9 Å². The maximum atomic E-state index is 12.9. The van der Waals surface area contributed by atoms with E-state index >= 15 is 0 Å². The van der Waals surface area contributed by atoms with Gasteiger partial charge in [-0.25, -0.2) is 9.37 Å². The first-order chi connectivity index (χ1) is 11.2. The zero-order chi connectivity index (χ0) is 16.1. The van der Waals surface area contributed by atoms with E-state index in [0.29, 0.717) is 25.4 Å². The van der Waals surface area contributed by atoms with E-state index in [1.807, 2.05) is 4.90 Å². The molecule has 0 spiro atoms. The van der Waals surface area contributed by atoms with E-state index < -0.39 is 0 Å². The number of aromatic nitrogens is 2. The average molecular weight is 315 g/mol. The number of halogens is 1. The summed E-state index contributed by atoms with van der Waals surface area (Å²) in [5, 5.41) is 0. The van der Waals surface area contributed by atoms with Gasteiger partial charge in [-0.2, -0.15) is 0 Å². The third kappa shape index (κ3) is 4.25. The molecule has 1 fully saturated rings. The van der Waals surface area contributed by atoms with Gasteiger partial charge < -0.3 is 9.64 Å². The van der Waals surface area contributed by atoms with Gasteiger partial charge in [0.15, 0.2) is 0 Å². The van der Waals surface area contributed by atoms with Crippen molar-refractivity contribution >= 4 is 5.91 Å². The molecule has 0 aliphatic carbocycles. The van der Waals surface area contributed by atoms with Crippen LogP contribution in [-0.4, -0.2) is 40.0 Å². The number of likely N-dealkylation sites (tertiary alicyclic amines) is 1. The van der Waals surface area contributed by atoms with Crippen molar-refractivity contribution in [3.63, 3.8) is 0 Å².